The van der Waals surface area contributed by atoms with Crippen molar-refractivity contribution in [2.75, 3.05) is 14.2 Å². The second-order valence-corrected chi connectivity index (χ2v) is 6.46. The molecular weight excluding hydrogens is 378 g/mol. The molecule has 1 N–H and O–H groups in total. The minimum atomic E-state index is 0.396. The van der Waals surface area contributed by atoms with E-state index in [4.69, 9.17) is 19.5 Å². The molecule has 0 aliphatic carbocycles. The highest BCUT2D eigenvalue weighted by atomic mass is 16.5. The van der Waals surface area contributed by atoms with Gasteiger partial charge in [0.2, 0.25) is 0 Å². The first kappa shape index (κ1) is 20.7. The summed E-state index contributed by atoms with van der Waals surface area (Å²) >= 11 is 0. The van der Waals surface area contributed by atoms with Gasteiger partial charge in [0.15, 0.2) is 11.5 Å². The van der Waals surface area contributed by atoms with Gasteiger partial charge in [0, 0.05) is 0 Å². The van der Waals surface area contributed by atoms with Gasteiger partial charge in [-0.05, 0) is 53.1 Å². The molecule has 0 unspecified atom stereocenters. The Balaban J connectivity index is 1.54. The number of hydrazone groups is 1. The molecule has 6 nitrogen and oxygen atoms in total. The van der Waals surface area contributed by atoms with Crippen molar-refractivity contribution in [3.8, 4) is 23.3 Å². The summed E-state index contributed by atoms with van der Waals surface area (Å²) in [5.41, 5.74) is 6.55. The zero-order chi connectivity index (χ0) is 21.2. The van der Waals surface area contributed by atoms with Crippen molar-refractivity contribution < 1.29 is 14.2 Å². The molecule has 0 bridgehead atoms. The number of benzene rings is 3. The van der Waals surface area contributed by atoms with Gasteiger partial charge in [-0.1, -0.05) is 30.3 Å². The molecule has 0 spiro atoms. The molecule has 0 aromatic heterocycles. The van der Waals surface area contributed by atoms with Gasteiger partial charge in [0.05, 0.1) is 38.6 Å². The predicted molar refractivity (Wildman–Crippen MR) is 116 cm³/mol. The Morgan fingerprint density at radius 1 is 0.933 bits per heavy atom. The SMILES string of the molecule is COc1ccc(CN/N=C\c2cccc(OCc3cccc(C#N)c3)c2)cc1OC. The molecule has 3 rings (SSSR count). The van der Waals surface area contributed by atoms with E-state index in [9.17, 15) is 0 Å². The minimum absolute atomic E-state index is 0.396. The Kier molecular flexibility index (Phi) is 7.28. The molecule has 0 aliphatic rings. The number of ether oxygens (including phenoxy) is 3. The molecule has 30 heavy (non-hydrogen) atoms. The highest BCUT2D eigenvalue weighted by Crippen LogP contribution is 2.27. The van der Waals surface area contributed by atoms with E-state index in [1.54, 1.807) is 26.5 Å². The maximum atomic E-state index is 8.99. The van der Waals surface area contributed by atoms with Gasteiger partial charge in [-0.15, -0.1) is 0 Å². The Bertz CT molecular complexity index is 1060. The quantitative estimate of drug-likeness (QED) is 0.428. The lowest BCUT2D eigenvalue weighted by atomic mass is 10.1. The lowest BCUT2D eigenvalue weighted by Crippen LogP contribution is -2.06. The van der Waals surface area contributed by atoms with E-state index in [1.165, 1.54) is 0 Å². The summed E-state index contributed by atoms with van der Waals surface area (Å²) in [5, 5.41) is 13.3. The van der Waals surface area contributed by atoms with E-state index in [2.05, 4.69) is 16.6 Å². The third-order valence-corrected chi connectivity index (χ3v) is 4.36. The first-order chi connectivity index (χ1) is 14.7. The van der Waals surface area contributed by atoms with Crippen LogP contribution in [-0.4, -0.2) is 20.4 Å². The predicted octanol–water partition coefficient (Wildman–Crippen LogP) is 4.28. The number of methoxy groups -OCH3 is 2. The standard InChI is InChI=1S/C24H23N3O3/c1-28-23-10-9-20(13-24(23)29-2)16-27-26-15-19-6-4-8-22(12-19)30-17-21-7-3-5-18(11-21)14-25/h3-13,15,27H,16-17H2,1-2H3/b26-15-. The average Bonchev–Trinajstić information content (AvgIpc) is 2.80. The van der Waals surface area contributed by atoms with Crippen LogP contribution >= 0.6 is 0 Å². The number of hydrogen-bond donors (Lipinski definition) is 1. The van der Waals surface area contributed by atoms with Gasteiger partial charge in [-0.2, -0.15) is 10.4 Å². The van der Waals surface area contributed by atoms with Crippen LogP contribution in [0.2, 0.25) is 0 Å². The summed E-state index contributed by atoms with van der Waals surface area (Å²) in [7, 11) is 3.23. The van der Waals surface area contributed by atoms with E-state index in [-0.39, 0.29) is 0 Å². The van der Waals surface area contributed by atoms with Crippen LogP contribution in [0.5, 0.6) is 17.2 Å². The van der Waals surface area contributed by atoms with Crippen LogP contribution in [0.1, 0.15) is 22.3 Å². The fourth-order valence-corrected chi connectivity index (χ4v) is 2.83. The highest BCUT2D eigenvalue weighted by molar-refractivity contribution is 5.79. The average molecular weight is 401 g/mol. The molecule has 0 amide bonds. The molecule has 0 saturated carbocycles. The Hall–Kier alpha value is -3.98. The van der Waals surface area contributed by atoms with Gasteiger partial charge in [0.1, 0.15) is 12.4 Å². The number of nitrogens with one attached hydrogen (secondary N) is 1. The number of nitrogens with zero attached hydrogens (tertiary/aromatic N) is 2. The summed E-state index contributed by atoms with van der Waals surface area (Å²) in [5.74, 6) is 2.12. The molecule has 3 aromatic carbocycles. The van der Waals surface area contributed by atoms with Crippen LogP contribution in [0.4, 0.5) is 0 Å². The minimum Gasteiger partial charge on any atom is -0.493 e. The normalized spacial score (nSPS) is 10.4. The van der Waals surface area contributed by atoms with Crippen molar-refractivity contribution in [3.05, 3.63) is 89.0 Å². The van der Waals surface area contributed by atoms with Crippen LogP contribution in [0.3, 0.4) is 0 Å². The lowest BCUT2D eigenvalue weighted by Gasteiger charge is -2.09. The number of hydrogen-bond acceptors (Lipinski definition) is 6. The Labute approximate surface area is 176 Å². The van der Waals surface area contributed by atoms with Crippen LogP contribution in [-0.2, 0) is 13.2 Å². The van der Waals surface area contributed by atoms with Gasteiger partial charge >= 0.3 is 0 Å². The van der Waals surface area contributed by atoms with Crippen molar-refractivity contribution in [3.63, 3.8) is 0 Å². The molecule has 0 aliphatic heterocycles. The van der Waals surface area contributed by atoms with Crippen molar-refractivity contribution in [2.24, 2.45) is 5.10 Å². The highest BCUT2D eigenvalue weighted by Gasteiger charge is 2.04. The van der Waals surface area contributed by atoms with Crippen molar-refractivity contribution in [2.45, 2.75) is 13.2 Å². The summed E-state index contributed by atoms with van der Waals surface area (Å²) in [6, 6.07) is 22.9. The maximum Gasteiger partial charge on any atom is 0.161 e. The van der Waals surface area contributed by atoms with E-state index in [0.717, 1.165) is 22.4 Å². The summed E-state index contributed by atoms with van der Waals surface area (Å²) in [6.45, 7) is 0.954. The van der Waals surface area contributed by atoms with Gasteiger partial charge in [0.25, 0.3) is 0 Å². The van der Waals surface area contributed by atoms with Gasteiger partial charge in [-0.25, -0.2) is 0 Å². The third kappa shape index (κ3) is 5.76. The van der Waals surface area contributed by atoms with Crippen LogP contribution < -0.4 is 19.6 Å². The van der Waals surface area contributed by atoms with Crippen LogP contribution in [0.15, 0.2) is 71.8 Å². The molecule has 0 atom stereocenters. The molecule has 0 radical (unpaired) electrons. The molecular formula is C24H23N3O3. The monoisotopic (exact) mass is 401 g/mol. The Morgan fingerprint density at radius 2 is 1.77 bits per heavy atom. The van der Waals surface area contributed by atoms with E-state index >= 15 is 0 Å². The third-order valence-electron chi connectivity index (χ3n) is 4.36. The molecule has 0 heterocycles. The van der Waals surface area contributed by atoms with E-state index in [0.29, 0.717) is 30.2 Å². The van der Waals surface area contributed by atoms with Gasteiger partial charge in [-0.3, -0.25) is 0 Å². The second kappa shape index (κ2) is 10.5. The smallest absolute Gasteiger partial charge is 0.161 e. The van der Waals surface area contributed by atoms with Crippen molar-refractivity contribution >= 4 is 6.21 Å². The fourth-order valence-electron chi connectivity index (χ4n) is 2.83. The first-order valence-electron chi connectivity index (χ1n) is 9.40. The fraction of sp³-hybridized carbons (Fsp3) is 0.167. The van der Waals surface area contributed by atoms with Crippen molar-refractivity contribution in [1.29, 1.82) is 5.26 Å². The molecule has 152 valence electrons. The van der Waals surface area contributed by atoms with Crippen molar-refractivity contribution in [1.82, 2.24) is 5.43 Å². The molecule has 6 heteroatoms. The first-order valence-corrected chi connectivity index (χ1v) is 9.40. The largest absolute Gasteiger partial charge is 0.493 e. The second-order valence-electron chi connectivity index (χ2n) is 6.46. The van der Waals surface area contributed by atoms with Crippen LogP contribution in [0.25, 0.3) is 0 Å². The maximum absolute atomic E-state index is 8.99. The zero-order valence-corrected chi connectivity index (χ0v) is 17.0. The number of nitriles is 1. The van der Waals surface area contributed by atoms with E-state index < -0.39 is 0 Å². The zero-order valence-electron chi connectivity index (χ0n) is 17.0. The summed E-state index contributed by atoms with van der Waals surface area (Å²) in [4.78, 5) is 0. The van der Waals surface area contributed by atoms with Gasteiger partial charge < -0.3 is 19.6 Å². The summed E-state index contributed by atoms with van der Waals surface area (Å²) in [6.07, 6.45) is 1.74. The topological polar surface area (TPSA) is 75.9 Å². The van der Waals surface area contributed by atoms with E-state index in [1.807, 2.05) is 60.7 Å². The molecule has 3 aromatic rings. The van der Waals surface area contributed by atoms with Crippen LogP contribution in [0, 0.1) is 11.3 Å². The lowest BCUT2D eigenvalue weighted by molar-refractivity contribution is 0.306. The number of rotatable bonds is 9. The summed E-state index contributed by atoms with van der Waals surface area (Å²) < 4.78 is 16.4. The Morgan fingerprint density at radius 3 is 2.57 bits per heavy atom. The molecule has 0 fully saturated rings. The molecule has 0 saturated heterocycles.